The number of nitrogens with zero attached hydrogens (tertiary/aromatic N) is 4. The van der Waals surface area contributed by atoms with Gasteiger partial charge < -0.3 is 19.4 Å². The van der Waals surface area contributed by atoms with Gasteiger partial charge in [0, 0.05) is 25.5 Å². The van der Waals surface area contributed by atoms with Crippen LogP contribution in [0.5, 0.6) is 0 Å². The third-order valence-electron chi connectivity index (χ3n) is 3.44. The Morgan fingerprint density at radius 2 is 2.00 bits per heavy atom. The number of hydrogen-bond acceptors (Lipinski definition) is 7. The first-order valence-electron chi connectivity index (χ1n) is 8.81. The molecule has 1 amide bonds. The van der Waals surface area contributed by atoms with Crippen molar-refractivity contribution in [2.75, 3.05) is 13.2 Å². The zero-order valence-electron chi connectivity index (χ0n) is 16.6. The maximum absolute atomic E-state index is 12.3. The molecule has 0 fully saturated rings. The number of carbonyl (C=O) groups is 2. The van der Waals surface area contributed by atoms with Gasteiger partial charge in [-0.15, -0.1) is 0 Å². The van der Waals surface area contributed by atoms with E-state index in [4.69, 9.17) is 21.1 Å². The van der Waals surface area contributed by atoms with E-state index in [1.807, 2.05) is 6.92 Å². The summed E-state index contributed by atoms with van der Waals surface area (Å²) in [5, 5.41) is 2.73. The van der Waals surface area contributed by atoms with Gasteiger partial charge in [0.25, 0.3) is 0 Å². The van der Waals surface area contributed by atoms with E-state index in [2.05, 4.69) is 20.3 Å². The summed E-state index contributed by atoms with van der Waals surface area (Å²) < 4.78 is 11.9. The summed E-state index contributed by atoms with van der Waals surface area (Å²) in [5.41, 5.74) is 1.15. The number of esters is 1. The highest BCUT2D eigenvalue weighted by Crippen LogP contribution is 2.22. The summed E-state index contributed by atoms with van der Waals surface area (Å²) in [5.74, 6) is -0.458. The molecule has 28 heavy (non-hydrogen) atoms. The lowest BCUT2D eigenvalue weighted by atomic mass is 10.2. The fraction of sp³-hybridized carbons (Fsp3) is 0.500. The maximum atomic E-state index is 12.3. The lowest BCUT2D eigenvalue weighted by Gasteiger charge is -2.19. The molecule has 2 aromatic heterocycles. The maximum Gasteiger partial charge on any atom is 0.407 e. The molecule has 1 N–H and O–H groups in total. The first kappa shape index (κ1) is 21.6. The summed E-state index contributed by atoms with van der Waals surface area (Å²) in [6.07, 6.45) is 2.70. The molecule has 0 aliphatic heterocycles. The number of alkyl carbamates (subject to hydrolysis) is 1. The number of hydrogen-bond donors (Lipinski definition) is 1. The summed E-state index contributed by atoms with van der Waals surface area (Å²) >= 11 is 5.89. The fourth-order valence-electron chi connectivity index (χ4n) is 2.33. The lowest BCUT2D eigenvalue weighted by Crippen LogP contribution is -2.34. The van der Waals surface area contributed by atoms with Crippen LogP contribution < -0.4 is 5.32 Å². The van der Waals surface area contributed by atoms with Crippen molar-refractivity contribution in [1.82, 2.24) is 24.8 Å². The van der Waals surface area contributed by atoms with E-state index in [-0.39, 0.29) is 30.8 Å². The lowest BCUT2D eigenvalue weighted by molar-refractivity contribution is 0.0506. The summed E-state index contributed by atoms with van der Waals surface area (Å²) in [4.78, 5) is 36.5. The summed E-state index contributed by atoms with van der Waals surface area (Å²) in [7, 11) is 0. The second kappa shape index (κ2) is 9.01. The molecule has 152 valence electrons. The topological polar surface area (TPSA) is 108 Å². The second-order valence-corrected chi connectivity index (χ2v) is 7.30. The van der Waals surface area contributed by atoms with Gasteiger partial charge in [-0.2, -0.15) is 0 Å². The van der Waals surface area contributed by atoms with Gasteiger partial charge in [0.1, 0.15) is 11.3 Å². The van der Waals surface area contributed by atoms with Crippen LogP contribution in [-0.2, 0) is 16.0 Å². The highest BCUT2D eigenvalue weighted by molar-refractivity contribution is 6.28. The quantitative estimate of drug-likeness (QED) is 0.577. The van der Waals surface area contributed by atoms with Crippen molar-refractivity contribution in [3.05, 3.63) is 29.1 Å². The Hall–Kier alpha value is -2.68. The SMILES string of the molecule is CCOC(=O)c1nc(-c2nc(Cl)ncc2C)cn1CCNC(=O)OC(C)(C)C. The highest BCUT2D eigenvalue weighted by atomic mass is 35.5. The van der Waals surface area contributed by atoms with Crippen molar-refractivity contribution in [2.45, 2.75) is 46.8 Å². The molecule has 0 bridgehead atoms. The highest BCUT2D eigenvalue weighted by Gasteiger charge is 2.20. The van der Waals surface area contributed by atoms with Crippen LogP contribution in [0.25, 0.3) is 11.4 Å². The van der Waals surface area contributed by atoms with Crippen LogP contribution in [-0.4, -0.2) is 50.3 Å². The number of imidazole rings is 1. The summed E-state index contributed by atoms with van der Waals surface area (Å²) in [6.45, 7) is 9.62. The molecule has 0 aliphatic carbocycles. The second-order valence-electron chi connectivity index (χ2n) is 6.96. The van der Waals surface area contributed by atoms with Gasteiger partial charge >= 0.3 is 12.1 Å². The van der Waals surface area contributed by atoms with Gasteiger partial charge in [-0.3, -0.25) is 0 Å². The summed E-state index contributed by atoms with van der Waals surface area (Å²) in [6, 6.07) is 0. The minimum absolute atomic E-state index is 0.0828. The van der Waals surface area contributed by atoms with Crippen LogP contribution in [0.4, 0.5) is 4.79 Å². The van der Waals surface area contributed by atoms with Gasteiger partial charge in [-0.25, -0.2) is 24.5 Å². The minimum Gasteiger partial charge on any atom is -0.460 e. The molecule has 0 spiro atoms. The Labute approximate surface area is 168 Å². The third kappa shape index (κ3) is 5.91. The van der Waals surface area contributed by atoms with Crippen LogP contribution in [0.3, 0.4) is 0 Å². The number of nitrogens with one attached hydrogen (secondary N) is 1. The first-order valence-corrected chi connectivity index (χ1v) is 9.19. The van der Waals surface area contributed by atoms with Gasteiger partial charge in [0.15, 0.2) is 0 Å². The Balaban J connectivity index is 2.22. The molecule has 2 heterocycles. The van der Waals surface area contributed by atoms with Gasteiger partial charge in [0.05, 0.1) is 12.3 Å². The monoisotopic (exact) mass is 409 g/mol. The van der Waals surface area contributed by atoms with E-state index in [0.29, 0.717) is 11.4 Å². The number of aryl methyl sites for hydroxylation is 1. The smallest absolute Gasteiger partial charge is 0.407 e. The van der Waals surface area contributed by atoms with Crippen LogP contribution in [0.1, 0.15) is 43.9 Å². The zero-order valence-corrected chi connectivity index (χ0v) is 17.3. The van der Waals surface area contributed by atoms with E-state index in [0.717, 1.165) is 5.56 Å². The molecule has 0 saturated heterocycles. The molecular formula is C18H24ClN5O4. The normalized spacial score (nSPS) is 11.2. The largest absolute Gasteiger partial charge is 0.460 e. The zero-order chi connectivity index (χ0) is 20.9. The minimum atomic E-state index is -0.591. The molecule has 0 radical (unpaired) electrons. The molecule has 0 aliphatic rings. The fourth-order valence-corrected chi connectivity index (χ4v) is 2.46. The Morgan fingerprint density at radius 1 is 1.29 bits per heavy atom. The van der Waals surface area contributed by atoms with E-state index < -0.39 is 17.7 Å². The van der Waals surface area contributed by atoms with Crippen LogP contribution in [0.15, 0.2) is 12.4 Å². The van der Waals surface area contributed by atoms with Gasteiger partial charge in [-0.1, -0.05) is 0 Å². The average Bonchev–Trinajstić information content (AvgIpc) is 2.99. The number of carbonyl (C=O) groups excluding carboxylic acids is 2. The molecule has 0 saturated carbocycles. The Kier molecular flexibility index (Phi) is 6.95. The molecule has 2 aromatic rings. The molecular weight excluding hydrogens is 386 g/mol. The van der Waals surface area contributed by atoms with E-state index in [1.165, 1.54) is 0 Å². The van der Waals surface area contributed by atoms with Crippen molar-refractivity contribution >= 4 is 23.7 Å². The Morgan fingerprint density at radius 3 is 2.64 bits per heavy atom. The predicted molar refractivity (Wildman–Crippen MR) is 103 cm³/mol. The van der Waals surface area contributed by atoms with Crippen LogP contribution in [0, 0.1) is 6.92 Å². The standard InChI is InChI=1S/C18H24ClN5O4/c1-6-27-15(25)14-22-12(13-11(2)9-21-16(19)23-13)10-24(14)8-7-20-17(26)28-18(3,4)5/h9-10H,6-8H2,1-5H3,(H,20,26). The van der Waals surface area contributed by atoms with Crippen molar-refractivity contribution in [2.24, 2.45) is 0 Å². The average molecular weight is 410 g/mol. The van der Waals surface area contributed by atoms with Gasteiger partial charge in [0.2, 0.25) is 11.1 Å². The van der Waals surface area contributed by atoms with Crippen molar-refractivity contribution in [1.29, 1.82) is 0 Å². The number of amides is 1. The molecule has 0 unspecified atom stereocenters. The van der Waals surface area contributed by atoms with E-state index in [9.17, 15) is 9.59 Å². The molecule has 0 atom stereocenters. The van der Waals surface area contributed by atoms with Crippen molar-refractivity contribution < 1.29 is 19.1 Å². The predicted octanol–water partition coefficient (Wildman–Crippen LogP) is 3.00. The molecule has 0 aromatic carbocycles. The van der Waals surface area contributed by atoms with Gasteiger partial charge in [-0.05, 0) is 51.8 Å². The molecule has 10 heteroatoms. The number of ether oxygens (including phenoxy) is 2. The third-order valence-corrected chi connectivity index (χ3v) is 3.62. The Bertz CT molecular complexity index is 860. The number of rotatable bonds is 6. The van der Waals surface area contributed by atoms with E-state index in [1.54, 1.807) is 44.7 Å². The number of halogens is 1. The molecule has 9 nitrogen and oxygen atoms in total. The number of aromatic nitrogens is 4. The van der Waals surface area contributed by atoms with Crippen molar-refractivity contribution in [3.63, 3.8) is 0 Å². The van der Waals surface area contributed by atoms with E-state index >= 15 is 0 Å². The van der Waals surface area contributed by atoms with Crippen LogP contribution in [0.2, 0.25) is 5.28 Å². The first-order chi connectivity index (χ1) is 13.1. The van der Waals surface area contributed by atoms with Crippen molar-refractivity contribution in [3.8, 4) is 11.4 Å². The molecule has 2 rings (SSSR count). The van der Waals surface area contributed by atoms with Crippen LogP contribution >= 0.6 is 11.6 Å².